The number of aromatic nitrogens is 1. The summed E-state index contributed by atoms with van der Waals surface area (Å²) >= 11 is 0.822. The van der Waals surface area contributed by atoms with E-state index in [0.29, 0.717) is 0 Å². The third-order valence-corrected chi connectivity index (χ3v) is 5.07. The van der Waals surface area contributed by atoms with Crippen molar-refractivity contribution in [1.29, 1.82) is 0 Å². The summed E-state index contributed by atoms with van der Waals surface area (Å²) in [5.74, 6) is -1.12. The zero-order valence-electron chi connectivity index (χ0n) is 14.6. The number of para-hydroxylation sites is 1. The standard InChI is InChI=1S/C19H18N2O4S/c1-12-7-4-5-9-15(12)20-10-6-8-14(20)11-16-17(22)21(19(24)26-16)13(2)18(23)25-3/h4-11,13H,1-3H3/b16-11+/t13-/m0/s1. The number of carbonyl (C=O) groups excluding carboxylic acids is 3. The second-order valence-electron chi connectivity index (χ2n) is 5.84. The van der Waals surface area contributed by atoms with Gasteiger partial charge in [0.25, 0.3) is 11.1 Å². The molecular formula is C19H18N2O4S. The van der Waals surface area contributed by atoms with E-state index in [9.17, 15) is 14.4 Å². The predicted molar refractivity (Wildman–Crippen MR) is 99.8 cm³/mol. The number of nitrogens with zero attached hydrogens (tertiary/aromatic N) is 2. The maximum absolute atomic E-state index is 12.6. The number of aryl methyl sites for hydroxylation is 1. The number of ether oxygens (including phenoxy) is 1. The Hall–Kier alpha value is -2.80. The molecule has 1 aromatic carbocycles. The third-order valence-electron chi connectivity index (χ3n) is 4.19. The molecule has 1 aliphatic rings. The molecule has 2 heterocycles. The lowest BCUT2D eigenvalue weighted by molar-refractivity contribution is -0.148. The van der Waals surface area contributed by atoms with Crippen LogP contribution >= 0.6 is 11.8 Å². The van der Waals surface area contributed by atoms with Crippen molar-refractivity contribution in [2.75, 3.05) is 7.11 Å². The van der Waals surface area contributed by atoms with Gasteiger partial charge in [-0.15, -0.1) is 0 Å². The van der Waals surface area contributed by atoms with Gasteiger partial charge in [-0.3, -0.25) is 14.5 Å². The molecule has 0 N–H and O–H groups in total. The summed E-state index contributed by atoms with van der Waals surface area (Å²) < 4.78 is 6.59. The van der Waals surface area contributed by atoms with Crippen molar-refractivity contribution in [2.45, 2.75) is 19.9 Å². The van der Waals surface area contributed by atoms with Gasteiger partial charge >= 0.3 is 5.97 Å². The lowest BCUT2D eigenvalue weighted by Gasteiger charge is -2.18. The van der Waals surface area contributed by atoms with Crippen LogP contribution in [-0.2, 0) is 14.3 Å². The molecule has 3 rings (SSSR count). The molecule has 1 fully saturated rings. The Kier molecular flexibility index (Phi) is 4.99. The predicted octanol–water partition coefficient (Wildman–Crippen LogP) is 3.38. The van der Waals surface area contributed by atoms with Crippen molar-refractivity contribution in [3.8, 4) is 5.69 Å². The van der Waals surface area contributed by atoms with Gasteiger partial charge in [0.15, 0.2) is 0 Å². The monoisotopic (exact) mass is 370 g/mol. The number of methoxy groups -OCH3 is 1. The molecule has 134 valence electrons. The van der Waals surface area contributed by atoms with Gasteiger partial charge in [-0.2, -0.15) is 0 Å². The van der Waals surface area contributed by atoms with Crippen LogP contribution in [0, 0.1) is 6.92 Å². The highest BCUT2D eigenvalue weighted by molar-refractivity contribution is 8.18. The topological polar surface area (TPSA) is 68.6 Å². The van der Waals surface area contributed by atoms with Gasteiger partial charge in [-0.1, -0.05) is 18.2 Å². The Balaban J connectivity index is 1.95. The minimum Gasteiger partial charge on any atom is -0.467 e. The van der Waals surface area contributed by atoms with Crippen LogP contribution in [0.2, 0.25) is 0 Å². The van der Waals surface area contributed by atoms with E-state index >= 15 is 0 Å². The van der Waals surface area contributed by atoms with Gasteiger partial charge in [0, 0.05) is 17.6 Å². The van der Waals surface area contributed by atoms with Gasteiger partial charge in [-0.05, 0) is 55.4 Å². The van der Waals surface area contributed by atoms with Gasteiger partial charge < -0.3 is 9.30 Å². The summed E-state index contributed by atoms with van der Waals surface area (Å²) in [5.41, 5.74) is 2.85. The summed E-state index contributed by atoms with van der Waals surface area (Å²) in [5, 5.41) is -0.479. The second-order valence-corrected chi connectivity index (χ2v) is 6.83. The van der Waals surface area contributed by atoms with Gasteiger partial charge in [-0.25, -0.2) is 4.79 Å². The molecule has 0 bridgehead atoms. The van der Waals surface area contributed by atoms with Gasteiger partial charge in [0.05, 0.1) is 12.0 Å². The summed E-state index contributed by atoms with van der Waals surface area (Å²) in [6.07, 6.45) is 3.57. The highest BCUT2D eigenvalue weighted by Crippen LogP contribution is 2.34. The van der Waals surface area contributed by atoms with E-state index in [1.165, 1.54) is 14.0 Å². The summed E-state index contributed by atoms with van der Waals surface area (Å²) in [4.78, 5) is 37.7. The van der Waals surface area contributed by atoms with E-state index in [1.54, 1.807) is 6.08 Å². The molecule has 0 radical (unpaired) electrons. The first-order valence-electron chi connectivity index (χ1n) is 8.02. The molecular weight excluding hydrogens is 352 g/mol. The van der Waals surface area contributed by atoms with E-state index in [4.69, 9.17) is 0 Å². The molecule has 0 unspecified atom stereocenters. The number of carbonyl (C=O) groups is 3. The minimum atomic E-state index is -0.957. The fourth-order valence-corrected chi connectivity index (χ4v) is 3.68. The van der Waals surface area contributed by atoms with Gasteiger partial charge in [0.1, 0.15) is 6.04 Å². The van der Waals surface area contributed by atoms with E-state index in [1.807, 2.05) is 54.1 Å². The molecule has 6 nitrogen and oxygen atoms in total. The van der Waals surface area contributed by atoms with Crippen LogP contribution in [0.5, 0.6) is 0 Å². The molecule has 2 aromatic rings. The van der Waals surface area contributed by atoms with Crippen LogP contribution in [0.25, 0.3) is 11.8 Å². The Labute approximate surface area is 155 Å². The molecule has 1 atom stereocenters. The molecule has 7 heteroatoms. The molecule has 1 aliphatic heterocycles. The first-order valence-corrected chi connectivity index (χ1v) is 8.84. The van der Waals surface area contributed by atoms with Crippen LogP contribution in [0.1, 0.15) is 18.2 Å². The fraction of sp³-hybridized carbons (Fsp3) is 0.211. The average molecular weight is 370 g/mol. The van der Waals surface area contributed by atoms with Crippen LogP contribution in [0.4, 0.5) is 4.79 Å². The maximum atomic E-state index is 12.6. The van der Waals surface area contributed by atoms with E-state index < -0.39 is 23.2 Å². The average Bonchev–Trinajstić information content (AvgIpc) is 3.19. The molecule has 0 spiro atoms. The fourth-order valence-electron chi connectivity index (χ4n) is 2.79. The summed E-state index contributed by atoms with van der Waals surface area (Å²) in [6.45, 7) is 3.48. The molecule has 0 saturated carbocycles. The highest BCUT2D eigenvalue weighted by atomic mass is 32.2. The number of imide groups is 1. The van der Waals surface area contributed by atoms with Crippen molar-refractivity contribution in [3.63, 3.8) is 0 Å². The van der Waals surface area contributed by atoms with E-state index in [0.717, 1.165) is 33.6 Å². The largest absolute Gasteiger partial charge is 0.467 e. The molecule has 1 saturated heterocycles. The zero-order valence-corrected chi connectivity index (χ0v) is 15.4. The lowest BCUT2D eigenvalue weighted by atomic mass is 10.2. The van der Waals surface area contributed by atoms with Crippen LogP contribution in [0.15, 0.2) is 47.5 Å². The van der Waals surface area contributed by atoms with E-state index in [2.05, 4.69) is 4.74 Å². The van der Waals surface area contributed by atoms with Crippen LogP contribution in [-0.4, -0.2) is 39.7 Å². The SMILES string of the molecule is COC(=O)[C@H](C)N1C(=O)S/C(=C/c2cccn2-c2ccccc2C)C1=O. The lowest BCUT2D eigenvalue weighted by Crippen LogP contribution is -2.42. The number of hydrogen-bond acceptors (Lipinski definition) is 5. The Morgan fingerprint density at radius 2 is 1.92 bits per heavy atom. The summed E-state index contributed by atoms with van der Waals surface area (Å²) in [6, 6.07) is 10.7. The quantitative estimate of drug-likeness (QED) is 0.610. The smallest absolute Gasteiger partial charge is 0.328 e. The number of thioether (sulfide) groups is 1. The molecule has 1 aromatic heterocycles. The Morgan fingerprint density at radius 3 is 2.62 bits per heavy atom. The third kappa shape index (κ3) is 3.17. The second kappa shape index (κ2) is 7.21. The normalized spacial score (nSPS) is 17.0. The highest BCUT2D eigenvalue weighted by Gasteiger charge is 2.41. The first kappa shape index (κ1) is 18.0. The molecule has 26 heavy (non-hydrogen) atoms. The van der Waals surface area contributed by atoms with Crippen molar-refractivity contribution >= 4 is 35.0 Å². The Morgan fingerprint density at radius 1 is 1.19 bits per heavy atom. The molecule has 2 amide bonds. The van der Waals surface area contributed by atoms with Crippen molar-refractivity contribution in [2.24, 2.45) is 0 Å². The van der Waals surface area contributed by atoms with Crippen molar-refractivity contribution in [1.82, 2.24) is 9.47 Å². The number of rotatable bonds is 4. The van der Waals surface area contributed by atoms with Crippen molar-refractivity contribution < 1.29 is 19.1 Å². The number of benzene rings is 1. The molecule has 0 aliphatic carbocycles. The summed E-state index contributed by atoms with van der Waals surface area (Å²) in [7, 11) is 1.23. The number of esters is 1. The Bertz CT molecular complexity index is 916. The number of hydrogen-bond donors (Lipinski definition) is 0. The van der Waals surface area contributed by atoms with E-state index in [-0.39, 0.29) is 4.91 Å². The number of amides is 2. The van der Waals surface area contributed by atoms with Crippen molar-refractivity contribution in [3.05, 3.63) is 58.8 Å². The minimum absolute atomic E-state index is 0.277. The zero-order chi connectivity index (χ0) is 18.8. The van der Waals surface area contributed by atoms with Crippen LogP contribution < -0.4 is 0 Å². The van der Waals surface area contributed by atoms with Crippen LogP contribution in [0.3, 0.4) is 0 Å². The first-order chi connectivity index (χ1) is 12.4. The van der Waals surface area contributed by atoms with Gasteiger partial charge in [0.2, 0.25) is 0 Å². The maximum Gasteiger partial charge on any atom is 0.328 e.